The molecule has 0 aliphatic carbocycles. The van der Waals surface area contributed by atoms with Gasteiger partial charge < -0.3 is 10.1 Å². The Morgan fingerprint density at radius 2 is 1.83 bits per heavy atom. The Bertz CT molecular complexity index is 1070. The molecule has 0 spiro atoms. The summed E-state index contributed by atoms with van der Waals surface area (Å²) >= 11 is 3.34. The lowest BCUT2D eigenvalue weighted by molar-refractivity contribution is -0.112. The fourth-order valence-electron chi connectivity index (χ4n) is 2.49. The van der Waals surface area contributed by atoms with Gasteiger partial charge >= 0.3 is 0 Å². The molecule has 6 heteroatoms. The summed E-state index contributed by atoms with van der Waals surface area (Å²) in [6.45, 7) is 0.313. The first kappa shape index (κ1) is 20.3. The number of amides is 1. The molecule has 0 fully saturated rings. The number of benzene rings is 3. The molecule has 0 heterocycles. The van der Waals surface area contributed by atoms with Crippen LogP contribution in [0.4, 0.5) is 10.1 Å². The molecule has 1 N–H and O–H groups in total. The number of halogens is 2. The van der Waals surface area contributed by atoms with Crippen LogP contribution in [-0.4, -0.2) is 5.91 Å². The normalized spacial score (nSPS) is 10.9. The Labute approximate surface area is 176 Å². The van der Waals surface area contributed by atoms with Crippen LogP contribution < -0.4 is 10.1 Å². The summed E-state index contributed by atoms with van der Waals surface area (Å²) in [6.07, 6.45) is 1.51. The summed E-state index contributed by atoms with van der Waals surface area (Å²) in [4.78, 5) is 12.3. The van der Waals surface area contributed by atoms with Gasteiger partial charge in [-0.2, -0.15) is 5.26 Å². The van der Waals surface area contributed by atoms with Gasteiger partial charge in [0.25, 0.3) is 5.91 Å². The van der Waals surface area contributed by atoms with Crippen molar-refractivity contribution in [3.05, 3.63) is 99.8 Å². The third-order valence-electron chi connectivity index (χ3n) is 3.96. The third kappa shape index (κ3) is 6.03. The molecule has 144 valence electrons. The van der Waals surface area contributed by atoms with Gasteiger partial charge in [0.1, 0.15) is 29.8 Å². The smallest absolute Gasteiger partial charge is 0.266 e. The van der Waals surface area contributed by atoms with Crippen LogP contribution >= 0.6 is 15.9 Å². The predicted molar refractivity (Wildman–Crippen MR) is 114 cm³/mol. The Balaban J connectivity index is 1.64. The summed E-state index contributed by atoms with van der Waals surface area (Å²) < 4.78 is 19.4. The summed E-state index contributed by atoms with van der Waals surface area (Å²) in [5.41, 5.74) is 2.13. The Morgan fingerprint density at radius 1 is 1.10 bits per heavy atom. The zero-order valence-corrected chi connectivity index (χ0v) is 16.8. The van der Waals surface area contributed by atoms with Gasteiger partial charge in [0, 0.05) is 10.2 Å². The lowest BCUT2D eigenvalue weighted by Gasteiger charge is -2.07. The molecule has 0 aliphatic rings. The number of ether oxygens (including phenoxy) is 1. The molecule has 0 radical (unpaired) electrons. The van der Waals surface area contributed by atoms with E-state index in [2.05, 4.69) is 21.2 Å². The minimum atomic E-state index is -0.484. The van der Waals surface area contributed by atoms with E-state index in [0.29, 0.717) is 23.6 Å². The van der Waals surface area contributed by atoms with E-state index in [-0.39, 0.29) is 11.4 Å². The molecule has 1 amide bonds. The van der Waals surface area contributed by atoms with Crippen LogP contribution in [-0.2, 0) is 11.4 Å². The van der Waals surface area contributed by atoms with Crippen LogP contribution in [0.15, 0.2) is 82.8 Å². The van der Waals surface area contributed by atoms with Crippen molar-refractivity contribution in [3.63, 3.8) is 0 Å². The maximum atomic E-state index is 12.9. The topological polar surface area (TPSA) is 62.1 Å². The number of carbonyl (C=O) groups excluding carboxylic acids is 1. The summed E-state index contributed by atoms with van der Waals surface area (Å²) in [5.74, 6) is -0.145. The van der Waals surface area contributed by atoms with E-state index in [9.17, 15) is 14.4 Å². The highest BCUT2D eigenvalue weighted by atomic mass is 79.9. The highest BCUT2D eigenvalue weighted by Gasteiger charge is 2.10. The number of nitrogens with one attached hydrogen (secondary N) is 1. The summed E-state index contributed by atoms with van der Waals surface area (Å²) in [6, 6.07) is 22.1. The van der Waals surface area contributed by atoms with Crippen molar-refractivity contribution in [3.8, 4) is 11.8 Å². The largest absolute Gasteiger partial charge is 0.489 e. The zero-order chi connectivity index (χ0) is 20.6. The van der Waals surface area contributed by atoms with Crippen molar-refractivity contribution >= 4 is 33.6 Å². The van der Waals surface area contributed by atoms with Gasteiger partial charge in [0.05, 0.1) is 0 Å². The van der Waals surface area contributed by atoms with Crippen molar-refractivity contribution in [1.82, 2.24) is 0 Å². The number of nitriles is 1. The molecule has 0 atom stereocenters. The molecular weight excluding hydrogens is 435 g/mol. The van der Waals surface area contributed by atoms with Crippen LogP contribution in [0.1, 0.15) is 11.1 Å². The van der Waals surface area contributed by atoms with Gasteiger partial charge in [-0.1, -0.05) is 46.3 Å². The van der Waals surface area contributed by atoms with Crippen molar-refractivity contribution in [2.45, 2.75) is 6.61 Å². The van der Waals surface area contributed by atoms with Crippen molar-refractivity contribution < 1.29 is 13.9 Å². The quantitative estimate of drug-likeness (QED) is 0.386. The monoisotopic (exact) mass is 450 g/mol. The second-order valence-electron chi connectivity index (χ2n) is 6.12. The maximum absolute atomic E-state index is 12.9. The molecule has 29 heavy (non-hydrogen) atoms. The van der Waals surface area contributed by atoms with Crippen LogP contribution in [0.3, 0.4) is 0 Å². The number of nitrogens with zero attached hydrogens (tertiary/aromatic N) is 1. The lowest BCUT2D eigenvalue weighted by atomic mass is 10.1. The van der Waals surface area contributed by atoms with E-state index in [0.717, 1.165) is 10.0 Å². The molecule has 3 aromatic carbocycles. The van der Waals surface area contributed by atoms with Crippen LogP contribution in [0.5, 0.6) is 5.75 Å². The lowest BCUT2D eigenvalue weighted by Crippen LogP contribution is -2.13. The standard InChI is InChI=1S/C23H16BrFN2O2/c24-19-2-1-3-21(13-19)27-23(28)18(14-26)12-16-6-10-22(11-7-16)29-15-17-4-8-20(25)9-5-17/h1-13H,15H2,(H,27,28)/b18-12-. The molecule has 4 nitrogen and oxygen atoms in total. The third-order valence-corrected chi connectivity index (χ3v) is 4.45. The van der Waals surface area contributed by atoms with Gasteiger partial charge in [-0.3, -0.25) is 4.79 Å². The predicted octanol–water partition coefficient (Wildman–Crippen LogP) is 5.71. The summed E-state index contributed by atoms with van der Waals surface area (Å²) in [5, 5.41) is 12.0. The molecule has 0 saturated carbocycles. The van der Waals surface area contributed by atoms with E-state index < -0.39 is 5.91 Å². The van der Waals surface area contributed by atoms with Crippen molar-refractivity contribution in [2.24, 2.45) is 0 Å². The van der Waals surface area contributed by atoms with Crippen molar-refractivity contribution in [1.29, 1.82) is 5.26 Å². The number of hydrogen-bond acceptors (Lipinski definition) is 3. The van der Waals surface area contributed by atoms with Gasteiger partial charge in [-0.25, -0.2) is 4.39 Å². The number of anilines is 1. The van der Waals surface area contributed by atoms with Crippen LogP contribution in [0, 0.1) is 17.1 Å². The van der Waals surface area contributed by atoms with Gasteiger partial charge in [0.2, 0.25) is 0 Å². The van der Waals surface area contributed by atoms with E-state index >= 15 is 0 Å². The van der Waals surface area contributed by atoms with Gasteiger partial charge in [-0.15, -0.1) is 0 Å². The first-order chi connectivity index (χ1) is 14.0. The first-order valence-corrected chi connectivity index (χ1v) is 9.49. The average Bonchev–Trinajstić information content (AvgIpc) is 2.72. The first-order valence-electron chi connectivity index (χ1n) is 8.69. The van der Waals surface area contributed by atoms with E-state index in [1.54, 1.807) is 54.6 Å². The molecule has 0 unspecified atom stereocenters. The number of rotatable bonds is 6. The molecular formula is C23H16BrFN2O2. The second-order valence-corrected chi connectivity index (χ2v) is 7.03. The molecule has 0 aliphatic heterocycles. The van der Waals surface area contributed by atoms with Crippen molar-refractivity contribution in [2.75, 3.05) is 5.32 Å². The Hall–Kier alpha value is -3.43. The van der Waals surface area contributed by atoms with Gasteiger partial charge in [0.15, 0.2) is 0 Å². The Kier molecular flexibility index (Phi) is 6.77. The molecule has 0 bridgehead atoms. The zero-order valence-electron chi connectivity index (χ0n) is 15.2. The highest BCUT2D eigenvalue weighted by Crippen LogP contribution is 2.19. The maximum Gasteiger partial charge on any atom is 0.266 e. The Morgan fingerprint density at radius 3 is 2.48 bits per heavy atom. The number of hydrogen-bond donors (Lipinski definition) is 1. The van der Waals surface area contributed by atoms with E-state index in [1.165, 1.54) is 18.2 Å². The molecule has 0 saturated heterocycles. The average molecular weight is 451 g/mol. The SMILES string of the molecule is N#C/C(=C/c1ccc(OCc2ccc(F)cc2)cc1)C(=O)Nc1cccc(Br)c1. The second kappa shape index (κ2) is 9.67. The fourth-order valence-corrected chi connectivity index (χ4v) is 2.89. The van der Waals surface area contributed by atoms with Gasteiger partial charge in [-0.05, 0) is 59.7 Å². The fraction of sp³-hybridized carbons (Fsp3) is 0.0435. The van der Waals surface area contributed by atoms with E-state index in [1.807, 2.05) is 12.1 Å². The van der Waals surface area contributed by atoms with Crippen LogP contribution in [0.2, 0.25) is 0 Å². The summed E-state index contributed by atoms with van der Waals surface area (Å²) in [7, 11) is 0. The molecule has 0 aromatic heterocycles. The minimum Gasteiger partial charge on any atom is -0.489 e. The number of carbonyl (C=O) groups is 1. The van der Waals surface area contributed by atoms with E-state index in [4.69, 9.17) is 4.74 Å². The minimum absolute atomic E-state index is 0.00930. The molecule has 3 rings (SSSR count). The highest BCUT2D eigenvalue weighted by molar-refractivity contribution is 9.10. The van der Waals surface area contributed by atoms with Crippen LogP contribution in [0.25, 0.3) is 6.08 Å². The molecule has 3 aromatic rings.